The van der Waals surface area contributed by atoms with Crippen LogP contribution in [0.3, 0.4) is 0 Å². The van der Waals surface area contributed by atoms with Gasteiger partial charge in [0.2, 0.25) is 5.43 Å². The quantitative estimate of drug-likeness (QED) is 0.419. The van der Waals surface area contributed by atoms with Gasteiger partial charge >= 0.3 is 12.1 Å². The number of nitrogens with one attached hydrogen (secondary N) is 1. The fourth-order valence-corrected chi connectivity index (χ4v) is 5.21. The topological polar surface area (TPSA) is 114 Å². The number of ether oxygens (including phenoxy) is 1. The zero-order valence-corrected chi connectivity index (χ0v) is 23.0. The van der Waals surface area contributed by atoms with Gasteiger partial charge in [0, 0.05) is 31.2 Å². The third-order valence-electron chi connectivity index (χ3n) is 6.80. The molecule has 1 aromatic carbocycles. The van der Waals surface area contributed by atoms with Gasteiger partial charge in [-0.25, -0.2) is 19.0 Å². The van der Waals surface area contributed by atoms with Gasteiger partial charge in [-0.05, 0) is 57.4 Å². The molecule has 1 aliphatic heterocycles. The molecule has 206 valence electrons. The molecule has 1 amide bonds. The number of halogens is 3. The molecular weight excluding hydrogens is 550 g/mol. The van der Waals surface area contributed by atoms with Crippen molar-refractivity contribution in [2.45, 2.75) is 57.2 Å². The van der Waals surface area contributed by atoms with E-state index in [1.54, 1.807) is 48.4 Å². The lowest BCUT2D eigenvalue weighted by atomic mass is 9.94. The molecule has 39 heavy (non-hydrogen) atoms. The minimum absolute atomic E-state index is 0.00192. The van der Waals surface area contributed by atoms with Gasteiger partial charge in [0.15, 0.2) is 11.6 Å². The molecule has 3 heterocycles. The summed E-state index contributed by atoms with van der Waals surface area (Å²) in [5.74, 6) is -2.46. The Balaban J connectivity index is 1.55. The molecule has 2 N–H and O–H groups in total. The highest BCUT2D eigenvalue weighted by atomic mass is 35.5. The van der Waals surface area contributed by atoms with E-state index in [9.17, 15) is 19.5 Å². The molecule has 2 aromatic heterocycles. The number of nitrogens with zero attached hydrogens (tertiary/aromatic N) is 3. The fourth-order valence-electron chi connectivity index (χ4n) is 4.91. The first-order valence-electron chi connectivity index (χ1n) is 12.5. The largest absolute Gasteiger partial charge is 0.477 e. The number of carboxylic acids is 1. The summed E-state index contributed by atoms with van der Waals surface area (Å²) in [7, 11) is 0. The summed E-state index contributed by atoms with van der Waals surface area (Å²) in [6, 6.07) is 5.72. The number of rotatable bonds is 5. The van der Waals surface area contributed by atoms with Crippen molar-refractivity contribution in [2.24, 2.45) is 0 Å². The number of aromatic carboxylic acids is 1. The minimum Gasteiger partial charge on any atom is -0.477 e. The molecule has 5 rings (SSSR count). The molecule has 0 unspecified atom stereocenters. The Morgan fingerprint density at radius 3 is 2.49 bits per heavy atom. The van der Waals surface area contributed by atoms with Crippen molar-refractivity contribution in [3.8, 4) is 0 Å². The lowest BCUT2D eigenvalue weighted by Crippen LogP contribution is -2.42. The smallest absolute Gasteiger partial charge is 0.407 e. The average molecular weight is 577 g/mol. The standard InChI is InChI=1S/C27H27Cl2FN4O5/c1-27(2,3)39-26(38)31-21-12-33(10-16(21)13-4-7-18(28)19(29)8-13)24-20(30)9-15-22(35)17(25(36)37)11-34(14-5-6-14)23(15)32-24/h4,7-9,11,14,16,21H,5-6,10,12H2,1-3H3,(H,31,38)(H,36,37)/t16-,21+/m0/s1. The number of anilines is 1. The monoisotopic (exact) mass is 576 g/mol. The molecule has 3 aromatic rings. The second-order valence-electron chi connectivity index (χ2n) is 10.9. The van der Waals surface area contributed by atoms with E-state index in [1.165, 1.54) is 6.20 Å². The number of carbonyl (C=O) groups is 2. The highest BCUT2D eigenvalue weighted by Gasteiger charge is 2.38. The van der Waals surface area contributed by atoms with Crippen molar-refractivity contribution in [3.05, 3.63) is 67.7 Å². The molecule has 0 spiro atoms. The Labute approximate surface area is 233 Å². The number of carboxylic acid groups (broad SMARTS) is 1. The number of alkyl carbamates (subject to hydrolysis) is 1. The molecule has 9 nitrogen and oxygen atoms in total. The molecule has 1 saturated heterocycles. The van der Waals surface area contributed by atoms with Gasteiger partial charge in [0.25, 0.3) is 0 Å². The summed E-state index contributed by atoms with van der Waals surface area (Å²) in [6.45, 7) is 5.74. The highest BCUT2D eigenvalue weighted by molar-refractivity contribution is 6.42. The van der Waals surface area contributed by atoms with E-state index in [1.807, 2.05) is 0 Å². The van der Waals surface area contributed by atoms with Crippen LogP contribution in [0.4, 0.5) is 15.0 Å². The Hall–Kier alpha value is -3.37. The summed E-state index contributed by atoms with van der Waals surface area (Å²) >= 11 is 12.4. The third kappa shape index (κ3) is 5.53. The van der Waals surface area contributed by atoms with Crippen LogP contribution in [0.5, 0.6) is 0 Å². The number of amides is 1. The van der Waals surface area contributed by atoms with E-state index in [2.05, 4.69) is 10.3 Å². The fraction of sp³-hybridized carbons (Fsp3) is 0.407. The normalized spacial score (nSPS) is 19.4. The number of aromatic nitrogens is 2. The van der Waals surface area contributed by atoms with Crippen molar-refractivity contribution < 1.29 is 23.8 Å². The van der Waals surface area contributed by atoms with Crippen molar-refractivity contribution in [2.75, 3.05) is 18.0 Å². The van der Waals surface area contributed by atoms with Gasteiger partial charge in [-0.2, -0.15) is 0 Å². The average Bonchev–Trinajstić information content (AvgIpc) is 3.60. The lowest BCUT2D eigenvalue weighted by Gasteiger charge is -2.24. The first-order valence-corrected chi connectivity index (χ1v) is 13.3. The zero-order valence-electron chi connectivity index (χ0n) is 21.5. The van der Waals surface area contributed by atoms with E-state index in [4.69, 9.17) is 27.9 Å². The summed E-state index contributed by atoms with van der Waals surface area (Å²) in [6.07, 6.45) is 2.27. The van der Waals surface area contributed by atoms with Crippen LogP contribution in [0, 0.1) is 5.82 Å². The highest BCUT2D eigenvalue weighted by Crippen LogP contribution is 2.38. The van der Waals surface area contributed by atoms with Gasteiger partial charge in [0.1, 0.15) is 16.8 Å². The predicted molar refractivity (Wildman–Crippen MR) is 146 cm³/mol. The molecular formula is C27H27Cl2FN4O5. The van der Waals surface area contributed by atoms with Crippen LogP contribution in [-0.4, -0.2) is 51.5 Å². The zero-order chi connectivity index (χ0) is 28.2. The SMILES string of the molecule is CC(C)(C)OC(=O)N[C@@H]1CN(c2nc3c(cc2F)c(=O)c(C(=O)O)cn3C2CC2)C[C@H]1c1ccc(Cl)c(Cl)c1. The van der Waals surface area contributed by atoms with Gasteiger partial charge in [-0.15, -0.1) is 0 Å². The number of fused-ring (bicyclic) bond motifs is 1. The van der Waals surface area contributed by atoms with E-state index < -0.39 is 40.5 Å². The van der Waals surface area contributed by atoms with Gasteiger partial charge in [0.05, 0.1) is 21.5 Å². The van der Waals surface area contributed by atoms with Crippen molar-refractivity contribution >= 4 is 52.1 Å². The van der Waals surface area contributed by atoms with Gasteiger partial charge in [-0.1, -0.05) is 29.3 Å². The second-order valence-corrected chi connectivity index (χ2v) is 11.7. The maximum absolute atomic E-state index is 15.5. The first kappa shape index (κ1) is 27.2. The molecule has 12 heteroatoms. The van der Waals surface area contributed by atoms with Crippen LogP contribution in [0.15, 0.2) is 35.3 Å². The number of benzene rings is 1. The van der Waals surface area contributed by atoms with Crippen molar-refractivity contribution in [1.29, 1.82) is 0 Å². The van der Waals surface area contributed by atoms with E-state index in [0.717, 1.165) is 24.5 Å². The Bertz CT molecular complexity index is 1550. The second kappa shape index (κ2) is 9.98. The van der Waals surface area contributed by atoms with Crippen molar-refractivity contribution in [3.63, 3.8) is 0 Å². The molecule has 2 fully saturated rings. The van der Waals surface area contributed by atoms with Crippen molar-refractivity contribution in [1.82, 2.24) is 14.9 Å². The number of pyridine rings is 2. The third-order valence-corrected chi connectivity index (χ3v) is 7.54. The maximum atomic E-state index is 15.5. The van der Waals surface area contributed by atoms with Gasteiger partial charge in [-0.3, -0.25) is 4.79 Å². The number of hydrogen-bond donors (Lipinski definition) is 2. The molecule has 1 saturated carbocycles. The Morgan fingerprint density at radius 1 is 1.15 bits per heavy atom. The number of carbonyl (C=O) groups excluding carboxylic acids is 1. The summed E-state index contributed by atoms with van der Waals surface area (Å²) in [4.78, 5) is 43.4. The van der Waals surface area contributed by atoms with Crippen LogP contribution in [0.2, 0.25) is 10.0 Å². The van der Waals surface area contributed by atoms with Crippen LogP contribution >= 0.6 is 23.2 Å². The number of hydrogen-bond acceptors (Lipinski definition) is 6. The molecule has 2 aliphatic rings. The minimum atomic E-state index is -1.37. The van der Waals surface area contributed by atoms with E-state index in [-0.39, 0.29) is 41.9 Å². The predicted octanol–water partition coefficient (Wildman–Crippen LogP) is 5.37. The van der Waals surface area contributed by atoms with Crippen LogP contribution in [0.25, 0.3) is 11.0 Å². The summed E-state index contributed by atoms with van der Waals surface area (Å²) < 4.78 is 22.6. The van der Waals surface area contributed by atoms with E-state index in [0.29, 0.717) is 10.0 Å². The maximum Gasteiger partial charge on any atom is 0.407 e. The van der Waals surface area contributed by atoms with Crippen LogP contribution in [0.1, 0.15) is 61.5 Å². The van der Waals surface area contributed by atoms with Crippen LogP contribution < -0.4 is 15.6 Å². The molecule has 0 bridgehead atoms. The van der Waals surface area contributed by atoms with Crippen LogP contribution in [-0.2, 0) is 4.74 Å². The Kier molecular flexibility index (Phi) is 6.97. The lowest BCUT2D eigenvalue weighted by molar-refractivity contribution is 0.0504. The summed E-state index contributed by atoms with van der Waals surface area (Å²) in [5, 5.41) is 13.0. The Morgan fingerprint density at radius 2 is 1.87 bits per heavy atom. The molecule has 0 radical (unpaired) electrons. The molecule has 1 aliphatic carbocycles. The first-order chi connectivity index (χ1) is 18.3. The summed E-state index contributed by atoms with van der Waals surface area (Å²) in [5.41, 5.74) is -0.916. The molecule has 2 atom stereocenters. The van der Waals surface area contributed by atoms with E-state index >= 15 is 4.39 Å². The van der Waals surface area contributed by atoms with Gasteiger partial charge < -0.3 is 24.6 Å².